The van der Waals surface area contributed by atoms with Crippen molar-refractivity contribution < 1.29 is 8.42 Å². The summed E-state index contributed by atoms with van der Waals surface area (Å²) in [5.74, 6) is 0.500. The van der Waals surface area contributed by atoms with Gasteiger partial charge in [-0.1, -0.05) is 13.3 Å². The Kier molecular flexibility index (Phi) is 5.89. The summed E-state index contributed by atoms with van der Waals surface area (Å²) < 4.78 is 24.6. The fraction of sp³-hybridized carbons (Fsp3) is 1.00. The van der Waals surface area contributed by atoms with Gasteiger partial charge in [0.1, 0.15) is 0 Å². The van der Waals surface area contributed by atoms with Crippen molar-refractivity contribution in [1.29, 1.82) is 0 Å². The summed E-state index contributed by atoms with van der Waals surface area (Å²) in [6.07, 6.45) is 5.90. The van der Waals surface area contributed by atoms with Gasteiger partial charge in [0.15, 0.2) is 0 Å². The summed E-state index contributed by atoms with van der Waals surface area (Å²) in [6.45, 7) is 5.74. The predicted molar refractivity (Wildman–Crippen MR) is 71.5 cm³/mol. The van der Waals surface area contributed by atoms with Crippen LogP contribution in [0.5, 0.6) is 0 Å². The number of unbranched alkanes of at least 4 members (excludes halogenated alkanes) is 1. The lowest BCUT2D eigenvalue weighted by molar-refractivity contribution is 0.199. The monoisotopic (exact) mass is 262 g/mol. The van der Waals surface area contributed by atoms with E-state index >= 15 is 0 Å². The second-order valence-corrected chi connectivity index (χ2v) is 7.23. The summed E-state index contributed by atoms with van der Waals surface area (Å²) in [4.78, 5) is 2.33. The molecule has 0 saturated carbocycles. The van der Waals surface area contributed by atoms with Crippen LogP contribution in [0.2, 0.25) is 0 Å². The van der Waals surface area contributed by atoms with Crippen molar-refractivity contribution in [1.82, 2.24) is 9.21 Å². The molecule has 1 rings (SSSR count). The average molecular weight is 262 g/mol. The minimum absolute atomic E-state index is 0.500. The van der Waals surface area contributed by atoms with E-state index in [1.54, 1.807) is 4.31 Å². The van der Waals surface area contributed by atoms with Crippen molar-refractivity contribution >= 4 is 10.0 Å². The molecule has 0 radical (unpaired) electrons. The number of nitrogens with zero attached hydrogens (tertiary/aromatic N) is 2. The molecule has 1 aliphatic heterocycles. The van der Waals surface area contributed by atoms with Crippen LogP contribution in [0.1, 0.15) is 32.6 Å². The zero-order valence-corrected chi connectivity index (χ0v) is 12.2. The van der Waals surface area contributed by atoms with E-state index in [1.807, 2.05) is 0 Å². The summed E-state index contributed by atoms with van der Waals surface area (Å²) in [6, 6.07) is 0. The predicted octanol–water partition coefficient (Wildman–Crippen LogP) is 1.39. The molecule has 0 aromatic heterocycles. The molecule has 1 aliphatic rings. The Bertz CT molecular complexity index is 316. The van der Waals surface area contributed by atoms with Crippen molar-refractivity contribution in [3.63, 3.8) is 0 Å². The molecule has 102 valence electrons. The van der Waals surface area contributed by atoms with Crippen LogP contribution in [0.4, 0.5) is 0 Å². The van der Waals surface area contributed by atoms with E-state index in [1.165, 1.54) is 19.1 Å². The molecule has 0 unspecified atom stereocenters. The van der Waals surface area contributed by atoms with Gasteiger partial charge in [0, 0.05) is 19.6 Å². The standard InChI is InChI=1S/C12H26N2O2S/c1-4-5-8-13(2)10-12-7-6-9-14(11-12)17(3,15)16/h12H,4-11H2,1-3H3/t12-/m1/s1. The van der Waals surface area contributed by atoms with E-state index in [0.717, 1.165) is 25.9 Å². The Labute approximate surface area is 106 Å². The molecule has 0 spiro atoms. The molecule has 0 aromatic rings. The number of sulfonamides is 1. The van der Waals surface area contributed by atoms with E-state index in [4.69, 9.17) is 0 Å². The molecule has 1 atom stereocenters. The fourth-order valence-electron chi connectivity index (χ4n) is 2.44. The molecule has 17 heavy (non-hydrogen) atoms. The Morgan fingerprint density at radius 2 is 2.12 bits per heavy atom. The highest BCUT2D eigenvalue weighted by molar-refractivity contribution is 7.88. The maximum absolute atomic E-state index is 11.5. The van der Waals surface area contributed by atoms with Gasteiger partial charge in [-0.25, -0.2) is 12.7 Å². The molecular formula is C12H26N2O2S. The van der Waals surface area contributed by atoms with Crippen LogP contribution < -0.4 is 0 Å². The second-order valence-electron chi connectivity index (χ2n) is 5.25. The molecule has 4 nitrogen and oxygen atoms in total. The minimum atomic E-state index is -3.00. The van der Waals surface area contributed by atoms with E-state index in [2.05, 4.69) is 18.9 Å². The van der Waals surface area contributed by atoms with Gasteiger partial charge in [-0.05, 0) is 38.8 Å². The molecule has 0 N–H and O–H groups in total. The molecule has 1 saturated heterocycles. The lowest BCUT2D eigenvalue weighted by Crippen LogP contribution is -2.42. The summed E-state index contributed by atoms with van der Waals surface area (Å²) >= 11 is 0. The number of rotatable bonds is 6. The van der Waals surface area contributed by atoms with Crippen molar-refractivity contribution in [2.75, 3.05) is 39.5 Å². The fourth-order valence-corrected chi connectivity index (χ4v) is 3.38. The molecule has 0 bridgehead atoms. The zero-order valence-electron chi connectivity index (χ0n) is 11.4. The molecule has 0 aromatic carbocycles. The van der Waals surface area contributed by atoms with Crippen LogP contribution in [0, 0.1) is 5.92 Å². The first-order valence-corrected chi connectivity index (χ1v) is 8.42. The Morgan fingerprint density at radius 1 is 1.41 bits per heavy atom. The Hall–Kier alpha value is -0.130. The van der Waals surface area contributed by atoms with Crippen LogP contribution >= 0.6 is 0 Å². The third-order valence-corrected chi connectivity index (χ3v) is 4.68. The van der Waals surface area contributed by atoms with Crippen molar-refractivity contribution in [3.05, 3.63) is 0 Å². The molecular weight excluding hydrogens is 236 g/mol. The van der Waals surface area contributed by atoms with Gasteiger partial charge in [0.25, 0.3) is 0 Å². The number of hydrogen-bond acceptors (Lipinski definition) is 3. The molecule has 5 heteroatoms. The third kappa shape index (κ3) is 5.36. The van der Waals surface area contributed by atoms with Crippen molar-refractivity contribution in [2.24, 2.45) is 5.92 Å². The van der Waals surface area contributed by atoms with Gasteiger partial charge >= 0.3 is 0 Å². The first-order valence-electron chi connectivity index (χ1n) is 6.57. The quantitative estimate of drug-likeness (QED) is 0.726. The van der Waals surface area contributed by atoms with Crippen LogP contribution in [-0.4, -0.2) is 57.1 Å². The highest BCUT2D eigenvalue weighted by Crippen LogP contribution is 2.19. The molecule has 0 amide bonds. The van der Waals surface area contributed by atoms with Gasteiger partial charge in [-0.15, -0.1) is 0 Å². The van der Waals surface area contributed by atoms with E-state index in [9.17, 15) is 8.42 Å². The normalized spacial score (nSPS) is 23.2. The van der Waals surface area contributed by atoms with E-state index in [-0.39, 0.29) is 0 Å². The SMILES string of the molecule is CCCCN(C)C[C@H]1CCCN(S(C)(=O)=O)C1. The lowest BCUT2D eigenvalue weighted by atomic mass is 9.99. The van der Waals surface area contributed by atoms with E-state index in [0.29, 0.717) is 19.0 Å². The van der Waals surface area contributed by atoms with Crippen molar-refractivity contribution in [3.8, 4) is 0 Å². The lowest BCUT2D eigenvalue weighted by Gasteiger charge is -2.33. The number of hydrogen-bond donors (Lipinski definition) is 0. The smallest absolute Gasteiger partial charge is 0.211 e. The first kappa shape index (κ1) is 14.9. The Balaban J connectivity index is 2.39. The third-order valence-electron chi connectivity index (χ3n) is 3.41. The summed E-state index contributed by atoms with van der Waals surface area (Å²) in [5.41, 5.74) is 0. The largest absolute Gasteiger partial charge is 0.306 e. The average Bonchev–Trinajstić information content (AvgIpc) is 2.25. The summed E-state index contributed by atoms with van der Waals surface area (Å²) in [7, 11) is -0.863. The maximum Gasteiger partial charge on any atom is 0.211 e. The van der Waals surface area contributed by atoms with Gasteiger partial charge in [-0.2, -0.15) is 0 Å². The number of piperidine rings is 1. The highest BCUT2D eigenvalue weighted by Gasteiger charge is 2.26. The van der Waals surface area contributed by atoms with Crippen molar-refractivity contribution in [2.45, 2.75) is 32.6 Å². The topological polar surface area (TPSA) is 40.6 Å². The summed E-state index contributed by atoms with van der Waals surface area (Å²) in [5, 5.41) is 0. The van der Waals surface area contributed by atoms with E-state index < -0.39 is 10.0 Å². The minimum Gasteiger partial charge on any atom is -0.306 e. The second kappa shape index (κ2) is 6.71. The van der Waals surface area contributed by atoms with Crippen LogP contribution in [0.25, 0.3) is 0 Å². The molecule has 0 aliphatic carbocycles. The molecule has 1 fully saturated rings. The highest BCUT2D eigenvalue weighted by atomic mass is 32.2. The Morgan fingerprint density at radius 3 is 2.71 bits per heavy atom. The van der Waals surface area contributed by atoms with Gasteiger partial charge in [-0.3, -0.25) is 0 Å². The van der Waals surface area contributed by atoms with Crippen LogP contribution in [0.15, 0.2) is 0 Å². The van der Waals surface area contributed by atoms with Gasteiger partial charge in [0.05, 0.1) is 6.26 Å². The zero-order chi connectivity index (χ0) is 12.9. The first-order chi connectivity index (χ1) is 7.93. The van der Waals surface area contributed by atoms with Crippen LogP contribution in [0.3, 0.4) is 0 Å². The maximum atomic E-state index is 11.5. The van der Waals surface area contributed by atoms with Crippen LogP contribution in [-0.2, 0) is 10.0 Å². The molecule has 1 heterocycles. The van der Waals surface area contributed by atoms with Gasteiger partial charge < -0.3 is 4.90 Å². The van der Waals surface area contributed by atoms with Gasteiger partial charge in [0.2, 0.25) is 10.0 Å².